The van der Waals surface area contributed by atoms with Gasteiger partial charge in [-0.3, -0.25) is 0 Å². The molecule has 0 saturated carbocycles. The lowest BCUT2D eigenvalue weighted by Crippen LogP contribution is -2.22. The van der Waals surface area contributed by atoms with E-state index in [2.05, 4.69) is 0 Å². The van der Waals surface area contributed by atoms with E-state index in [4.69, 9.17) is 19.2 Å². The second kappa shape index (κ2) is 5.77. The molecule has 7 heteroatoms. The van der Waals surface area contributed by atoms with Crippen molar-refractivity contribution in [2.75, 3.05) is 12.3 Å². The Morgan fingerprint density at radius 1 is 1.32 bits per heavy atom. The van der Waals surface area contributed by atoms with Gasteiger partial charge in [0.05, 0.1) is 18.9 Å². The van der Waals surface area contributed by atoms with Crippen molar-refractivity contribution in [1.82, 2.24) is 0 Å². The van der Waals surface area contributed by atoms with Crippen molar-refractivity contribution in [3.05, 3.63) is 23.8 Å². The van der Waals surface area contributed by atoms with Crippen LogP contribution in [-0.4, -0.2) is 20.1 Å². The smallest absolute Gasteiger partial charge is 0.396 e. The van der Waals surface area contributed by atoms with Gasteiger partial charge in [-0.1, -0.05) is 26.8 Å². The Kier molecular flexibility index (Phi) is 4.78. The first kappa shape index (κ1) is 15.7. The Hall–Kier alpha value is -1.31. The maximum Gasteiger partial charge on any atom is 0.449 e. The molecule has 1 rings (SSSR count). The molecule has 0 aliphatic carbocycles. The zero-order chi connectivity index (χ0) is 14.7. The van der Waals surface area contributed by atoms with Crippen LogP contribution < -0.4 is 9.92 Å². The second-order valence-electron chi connectivity index (χ2n) is 5.34. The first-order valence-corrected chi connectivity index (χ1v) is 7.04. The van der Waals surface area contributed by atoms with Gasteiger partial charge in [0.2, 0.25) is 0 Å². The van der Waals surface area contributed by atoms with Crippen LogP contribution >= 0.6 is 0 Å². The number of benzene rings is 1. The van der Waals surface area contributed by atoms with Gasteiger partial charge in [-0.2, -0.15) is 8.42 Å². The van der Waals surface area contributed by atoms with Crippen LogP contribution in [0.2, 0.25) is 0 Å². The molecule has 0 atom stereocenters. The molecule has 108 valence electrons. The molecule has 0 heterocycles. The van der Waals surface area contributed by atoms with Crippen molar-refractivity contribution >= 4 is 16.1 Å². The lowest BCUT2D eigenvalue weighted by molar-refractivity contribution is 0.184. The van der Waals surface area contributed by atoms with Gasteiger partial charge < -0.3 is 15.0 Å². The number of nitrogens with two attached hydrogens (primary N) is 1. The van der Waals surface area contributed by atoms with Crippen molar-refractivity contribution in [3.8, 4) is 5.75 Å². The summed E-state index contributed by atoms with van der Waals surface area (Å²) in [5, 5.41) is 8.92. The number of rotatable bonds is 5. The molecule has 6 nitrogen and oxygen atoms in total. The average Bonchev–Trinajstić information content (AvgIpc) is 2.28. The Morgan fingerprint density at radius 3 is 2.42 bits per heavy atom. The number of hydrogen-bond acceptors (Lipinski definition) is 6. The molecule has 0 aliphatic rings. The van der Waals surface area contributed by atoms with Gasteiger partial charge in [-0.25, -0.2) is 4.18 Å². The summed E-state index contributed by atoms with van der Waals surface area (Å²) in [4.78, 5) is 0. The maximum absolute atomic E-state index is 11.6. The predicted molar refractivity (Wildman–Crippen MR) is 71.7 cm³/mol. The normalized spacial score (nSPS) is 12.4. The van der Waals surface area contributed by atoms with E-state index in [0.717, 1.165) is 0 Å². The highest BCUT2D eigenvalue weighted by Crippen LogP contribution is 2.25. The summed E-state index contributed by atoms with van der Waals surface area (Å²) in [6.07, 6.45) is 0. The predicted octanol–water partition coefficient (Wildman–Crippen LogP) is 1.45. The topological polar surface area (TPSA) is 98.9 Å². The molecule has 19 heavy (non-hydrogen) atoms. The molecule has 1 aromatic carbocycles. The molecule has 0 aliphatic heterocycles. The third kappa shape index (κ3) is 5.46. The first-order chi connectivity index (χ1) is 8.63. The molecule has 0 amide bonds. The fourth-order valence-corrected chi connectivity index (χ4v) is 2.07. The number of hydrogen-bond donors (Lipinski definition) is 2. The third-order valence-corrected chi connectivity index (χ3v) is 2.88. The largest absolute Gasteiger partial charge is 0.449 e. The number of aliphatic hydroxyl groups is 1. The van der Waals surface area contributed by atoms with E-state index in [-0.39, 0.29) is 30.1 Å². The van der Waals surface area contributed by atoms with Crippen LogP contribution in [0.3, 0.4) is 0 Å². The quantitative estimate of drug-likeness (QED) is 0.796. The summed E-state index contributed by atoms with van der Waals surface area (Å²) in [5.41, 5.74) is 6.01. The van der Waals surface area contributed by atoms with Crippen LogP contribution in [0.5, 0.6) is 5.75 Å². The van der Waals surface area contributed by atoms with Crippen LogP contribution in [0, 0.1) is 5.41 Å². The summed E-state index contributed by atoms with van der Waals surface area (Å²) in [5.74, 6) is -0.0221. The summed E-state index contributed by atoms with van der Waals surface area (Å²) < 4.78 is 32.7. The highest BCUT2D eigenvalue weighted by atomic mass is 32.3. The fraction of sp³-hybridized carbons (Fsp3) is 0.500. The van der Waals surface area contributed by atoms with Gasteiger partial charge in [0.1, 0.15) is 0 Å². The Balaban J connectivity index is 2.78. The number of aliphatic hydroxyl groups excluding tert-OH is 1. The Morgan fingerprint density at radius 2 is 1.95 bits per heavy atom. The molecule has 3 N–H and O–H groups in total. The molecule has 0 radical (unpaired) electrons. The summed E-state index contributed by atoms with van der Waals surface area (Å²) in [7, 11) is -4.15. The Labute approximate surface area is 113 Å². The van der Waals surface area contributed by atoms with Crippen LogP contribution in [0.25, 0.3) is 0 Å². The summed E-state index contributed by atoms with van der Waals surface area (Å²) in [6, 6.07) is 4.33. The van der Waals surface area contributed by atoms with E-state index < -0.39 is 10.4 Å². The highest BCUT2D eigenvalue weighted by molar-refractivity contribution is 7.82. The minimum absolute atomic E-state index is 0.00393. The first-order valence-electron chi connectivity index (χ1n) is 5.71. The zero-order valence-corrected chi connectivity index (χ0v) is 12.0. The SMILES string of the molecule is CC(C)(C)COS(=O)(=O)Oc1ccc(CO)cc1N. The molecule has 0 unspecified atom stereocenters. The van der Waals surface area contributed by atoms with Crippen LogP contribution in [0.4, 0.5) is 5.69 Å². The van der Waals surface area contributed by atoms with Gasteiger partial charge in [0.15, 0.2) is 5.75 Å². The van der Waals surface area contributed by atoms with Crippen molar-refractivity contribution in [3.63, 3.8) is 0 Å². The van der Waals surface area contributed by atoms with Crippen LogP contribution in [0.1, 0.15) is 26.3 Å². The molecular formula is C12H19NO5S. The van der Waals surface area contributed by atoms with Crippen LogP contribution in [0.15, 0.2) is 18.2 Å². The average molecular weight is 289 g/mol. The number of anilines is 1. The van der Waals surface area contributed by atoms with E-state index in [1.807, 2.05) is 20.8 Å². The van der Waals surface area contributed by atoms with E-state index in [1.54, 1.807) is 0 Å². The van der Waals surface area contributed by atoms with Gasteiger partial charge in [-0.05, 0) is 23.1 Å². The molecule has 0 bridgehead atoms. The molecule has 1 aromatic rings. The van der Waals surface area contributed by atoms with Crippen molar-refractivity contribution in [1.29, 1.82) is 0 Å². The molecule has 0 saturated heterocycles. The highest BCUT2D eigenvalue weighted by Gasteiger charge is 2.20. The lowest BCUT2D eigenvalue weighted by Gasteiger charge is -2.17. The van der Waals surface area contributed by atoms with Crippen molar-refractivity contribution in [2.24, 2.45) is 5.41 Å². The minimum atomic E-state index is -4.15. The Bertz CT molecular complexity index is 534. The molecule has 0 aromatic heterocycles. The third-order valence-electron chi connectivity index (χ3n) is 2.08. The van der Waals surface area contributed by atoms with Gasteiger partial charge >= 0.3 is 10.4 Å². The molecular weight excluding hydrogens is 270 g/mol. The standard InChI is InChI=1S/C12H19NO5S/c1-12(2,3)8-17-19(15,16)18-11-5-4-9(7-14)6-10(11)13/h4-6,14H,7-8,13H2,1-3H3. The molecule has 0 fully saturated rings. The molecule has 0 spiro atoms. The van der Waals surface area contributed by atoms with Gasteiger partial charge in [-0.15, -0.1) is 0 Å². The second-order valence-corrected chi connectivity index (χ2v) is 6.56. The maximum atomic E-state index is 11.6. The lowest BCUT2D eigenvalue weighted by atomic mass is 9.99. The summed E-state index contributed by atoms with van der Waals surface area (Å²) in [6.45, 7) is 5.34. The van der Waals surface area contributed by atoms with Crippen molar-refractivity contribution < 1.29 is 21.9 Å². The van der Waals surface area contributed by atoms with Crippen molar-refractivity contribution in [2.45, 2.75) is 27.4 Å². The van der Waals surface area contributed by atoms with Gasteiger partial charge in [0.25, 0.3) is 0 Å². The summed E-state index contributed by atoms with van der Waals surface area (Å²) >= 11 is 0. The van der Waals surface area contributed by atoms with E-state index in [1.165, 1.54) is 18.2 Å². The minimum Gasteiger partial charge on any atom is -0.396 e. The van der Waals surface area contributed by atoms with E-state index in [0.29, 0.717) is 5.56 Å². The van der Waals surface area contributed by atoms with Gasteiger partial charge in [0, 0.05) is 0 Å². The zero-order valence-electron chi connectivity index (χ0n) is 11.2. The monoisotopic (exact) mass is 289 g/mol. The fourth-order valence-electron chi connectivity index (χ4n) is 1.16. The van der Waals surface area contributed by atoms with E-state index in [9.17, 15) is 8.42 Å². The number of nitrogen functional groups attached to an aromatic ring is 1. The van der Waals surface area contributed by atoms with E-state index >= 15 is 0 Å². The van der Waals surface area contributed by atoms with Crippen LogP contribution in [-0.2, 0) is 21.2 Å².